The SMILES string of the molecule is Clc1ccc(-c2cc(-c3csc(N/N=C\c4c(Cl)cccc4Cl)n3)on2)c(Cl)c1. The van der Waals surface area contributed by atoms with Crippen molar-refractivity contribution in [3.05, 3.63) is 73.5 Å². The lowest BCUT2D eigenvalue weighted by atomic mass is 10.1. The van der Waals surface area contributed by atoms with Crippen molar-refractivity contribution in [2.24, 2.45) is 5.10 Å². The molecule has 4 rings (SSSR count). The molecule has 0 unspecified atom stereocenters. The van der Waals surface area contributed by atoms with Crippen LogP contribution in [0.15, 0.2) is 57.5 Å². The molecule has 5 nitrogen and oxygen atoms in total. The molecule has 1 N–H and O–H groups in total. The smallest absolute Gasteiger partial charge is 0.203 e. The normalized spacial score (nSPS) is 11.3. The van der Waals surface area contributed by atoms with Crippen molar-refractivity contribution in [3.63, 3.8) is 0 Å². The highest BCUT2D eigenvalue weighted by atomic mass is 35.5. The van der Waals surface area contributed by atoms with Crippen LogP contribution in [0.2, 0.25) is 20.1 Å². The van der Waals surface area contributed by atoms with E-state index in [9.17, 15) is 0 Å². The Bertz CT molecular complexity index is 1180. The van der Waals surface area contributed by atoms with E-state index in [1.165, 1.54) is 11.3 Å². The number of thiazole rings is 1. The lowest BCUT2D eigenvalue weighted by molar-refractivity contribution is 0.434. The summed E-state index contributed by atoms with van der Waals surface area (Å²) in [4.78, 5) is 4.44. The van der Waals surface area contributed by atoms with Gasteiger partial charge < -0.3 is 4.52 Å². The molecule has 2 aromatic heterocycles. The number of rotatable bonds is 5. The van der Waals surface area contributed by atoms with Crippen LogP contribution in [0.3, 0.4) is 0 Å². The summed E-state index contributed by atoms with van der Waals surface area (Å²) in [7, 11) is 0. The molecule has 0 aliphatic carbocycles. The number of hydrogen-bond acceptors (Lipinski definition) is 6. The Hall–Kier alpha value is -2.09. The third kappa shape index (κ3) is 4.57. The van der Waals surface area contributed by atoms with Crippen molar-refractivity contribution in [2.75, 3.05) is 5.43 Å². The van der Waals surface area contributed by atoms with E-state index in [-0.39, 0.29) is 0 Å². The molecule has 0 spiro atoms. The number of halogens is 4. The summed E-state index contributed by atoms with van der Waals surface area (Å²) < 4.78 is 5.41. The molecular weight excluding hydrogens is 474 g/mol. The first-order chi connectivity index (χ1) is 14.0. The van der Waals surface area contributed by atoms with Crippen LogP contribution in [-0.2, 0) is 0 Å². The summed E-state index contributed by atoms with van der Waals surface area (Å²) in [5, 5.41) is 12.7. The maximum absolute atomic E-state index is 6.23. The Balaban J connectivity index is 1.50. The molecule has 4 aromatic rings. The molecule has 2 aromatic carbocycles. The van der Waals surface area contributed by atoms with Gasteiger partial charge in [-0.3, -0.25) is 5.43 Å². The Labute approximate surface area is 189 Å². The fraction of sp³-hybridized carbons (Fsp3) is 0. The predicted molar refractivity (Wildman–Crippen MR) is 121 cm³/mol. The Kier molecular flexibility index (Phi) is 6.08. The van der Waals surface area contributed by atoms with Crippen molar-refractivity contribution in [2.45, 2.75) is 0 Å². The molecule has 29 heavy (non-hydrogen) atoms. The summed E-state index contributed by atoms with van der Waals surface area (Å²) >= 11 is 25.8. The summed E-state index contributed by atoms with van der Waals surface area (Å²) in [6.07, 6.45) is 1.54. The Morgan fingerprint density at radius 1 is 0.966 bits per heavy atom. The van der Waals surface area contributed by atoms with Crippen LogP contribution in [0.5, 0.6) is 0 Å². The molecule has 0 bridgehead atoms. The zero-order valence-corrected chi connectivity index (χ0v) is 18.2. The summed E-state index contributed by atoms with van der Waals surface area (Å²) in [5.41, 5.74) is 5.41. The summed E-state index contributed by atoms with van der Waals surface area (Å²) in [6.45, 7) is 0. The molecule has 0 aliphatic heterocycles. The molecule has 10 heteroatoms. The average molecular weight is 484 g/mol. The van der Waals surface area contributed by atoms with Crippen LogP contribution >= 0.6 is 57.7 Å². The number of benzene rings is 2. The standard InChI is InChI=1S/C19H10Cl4N4OS/c20-10-4-5-11(15(23)6-10)16-7-18(28-27-16)17-9-29-19(25-17)26-24-8-12-13(21)2-1-3-14(12)22/h1-9H,(H,25,26)/b24-8-. The molecule has 0 aliphatic rings. The van der Waals surface area contributed by atoms with E-state index in [1.54, 1.807) is 48.7 Å². The van der Waals surface area contributed by atoms with Gasteiger partial charge >= 0.3 is 0 Å². The zero-order valence-electron chi connectivity index (χ0n) is 14.4. The van der Waals surface area contributed by atoms with Gasteiger partial charge in [0.15, 0.2) is 5.76 Å². The first kappa shape index (κ1) is 20.2. The van der Waals surface area contributed by atoms with Gasteiger partial charge in [0.05, 0.1) is 21.3 Å². The molecule has 146 valence electrons. The molecule has 0 radical (unpaired) electrons. The maximum atomic E-state index is 6.23. The van der Waals surface area contributed by atoms with Crippen molar-refractivity contribution in [1.82, 2.24) is 10.1 Å². The fourth-order valence-electron chi connectivity index (χ4n) is 2.44. The van der Waals surface area contributed by atoms with Crippen LogP contribution in [-0.4, -0.2) is 16.4 Å². The minimum absolute atomic E-state index is 0.491. The highest BCUT2D eigenvalue weighted by Gasteiger charge is 2.14. The number of nitrogens with one attached hydrogen (secondary N) is 1. The minimum atomic E-state index is 0.491. The summed E-state index contributed by atoms with van der Waals surface area (Å²) in [6, 6.07) is 12.2. The predicted octanol–water partition coefficient (Wildman–Crippen LogP) is 7.52. The second-order valence-electron chi connectivity index (χ2n) is 5.74. The van der Waals surface area contributed by atoms with Crippen LogP contribution in [0.25, 0.3) is 22.7 Å². The monoisotopic (exact) mass is 482 g/mol. The fourth-order valence-corrected chi connectivity index (χ4v) is 4.09. The third-order valence-corrected chi connectivity index (χ3v) is 5.78. The van der Waals surface area contributed by atoms with Gasteiger partial charge in [-0.2, -0.15) is 5.10 Å². The van der Waals surface area contributed by atoms with Crippen molar-refractivity contribution in [1.29, 1.82) is 0 Å². The van der Waals surface area contributed by atoms with E-state index in [2.05, 4.69) is 20.7 Å². The van der Waals surface area contributed by atoms with Gasteiger partial charge in [-0.1, -0.05) is 57.6 Å². The van der Waals surface area contributed by atoms with E-state index in [1.807, 2.05) is 5.38 Å². The average Bonchev–Trinajstić information content (AvgIpc) is 3.33. The zero-order chi connectivity index (χ0) is 20.4. The van der Waals surface area contributed by atoms with E-state index in [0.29, 0.717) is 47.9 Å². The first-order valence-electron chi connectivity index (χ1n) is 8.12. The van der Waals surface area contributed by atoms with Crippen LogP contribution in [0.1, 0.15) is 5.56 Å². The van der Waals surface area contributed by atoms with E-state index >= 15 is 0 Å². The van der Waals surface area contributed by atoms with Crippen molar-refractivity contribution >= 4 is 69.1 Å². The second kappa shape index (κ2) is 8.73. The van der Waals surface area contributed by atoms with Gasteiger partial charge in [-0.15, -0.1) is 11.3 Å². The largest absolute Gasteiger partial charge is 0.354 e. The highest BCUT2D eigenvalue weighted by molar-refractivity contribution is 7.14. The minimum Gasteiger partial charge on any atom is -0.354 e. The number of anilines is 1. The molecule has 0 amide bonds. The van der Waals surface area contributed by atoms with E-state index < -0.39 is 0 Å². The van der Waals surface area contributed by atoms with Crippen LogP contribution < -0.4 is 5.43 Å². The van der Waals surface area contributed by atoms with Gasteiger partial charge in [-0.05, 0) is 30.3 Å². The molecule has 2 heterocycles. The maximum Gasteiger partial charge on any atom is 0.203 e. The van der Waals surface area contributed by atoms with Crippen molar-refractivity contribution in [3.8, 4) is 22.7 Å². The third-order valence-electron chi connectivity index (χ3n) is 3.83. The quantitative estimate of drug-likeness (QED) is 0.235. The molecule has 0 saturated heterocycles. The highest BCUT2D eigenvalue weighted by Crippen LogP contribution is 2.33. The topological polar surface area (TPSA) is 63.3 Å². The van der Waals surface area contributed by atoms with Crippen molar-refractivity contribution < 1.29 is 4.52 Å². The van der Waals surface area contributed by atoms with Gasteiger partial charge in [0.2, 0.25) is 5.13 Å². The second-order valence-corrected chi connectivity index (χ2v) is 8.26. The van der Waals surface area contributed by atoms with E-state index in [0.717, 1.165) is 5.56 Å². The first-order valence-corrected chi connectivity index (χ1v) is 10.5. The number of nitrogens with zero attached hydrogens (tertiary/aromatic N) is 3. The number of hydrogen-bond donors (Lipinski definition) is 1. The lowest BCUT2D eigenvalue weighted by Crippen LogP contribution is -1.91. The van der Waals surface area contributed by atoms with Crippen LogP contribution in [0.4, 0.5) is 5.13 Å². The Morgan fingerprint density at radius 3 is 2.52 bits per heavy atom. The molecule has 0 fully saturated rings. The molecular formula is C19H10Cl4N4OS. The van der Waals surface area contributed by atoms with Gasteiger partial charge in [0.1, 0.15) is 11.4 Å². The Morgan fingerprint density at radius 2 is 1.76 bits per heavy atom. The van der Waals surface area contributed by atoms with Gasteiger partial charge in [0.25, 0.3) is 0 Å². The lowest BCUT2D eigenvalue weighted by Gasteiger charge is -2.00. The molecule has 0 saturated carbocycles. The number of hydrazone groups is 1. The van der Waals surface area contributed by atoms with Gasteiger partial charge in [-0.25, -0.2) is 4.98 Å². The van der Waals surface area contributed by atoms with E-state index in [4.69, 9.17) is 50.9 Å². The number of aromatic nitrogens is 2. The van der Waals surface area contributed by atoms with Gasteiger partial charge in [0, 0.05) is 27.6 Å². The van der Waals surface area contributed by atoms with Crippen LogP contribution in [0, 0.1) is 0 Å². The summed E-state index contributed by atoms with van der Waals surface area (Å²) in [5.74, 6) is 0.508. The molecule has 0 atom stereocenters.